The Morgan fingerprint density at radius 2 is 2.15 bits per heavy atom. The second kappa shape index (κ2) is 3.00. The molecule has 2 rings (SSSR count). The van der Waals surface area contributed by atoms with Crippen LogP contribution in [-0.2, 0) is 4.79 Å². The van der Waals surface area contributed by atoms with E-state index in [1.165, 1.54) is 25.7 Å². The van der Waals surface area contributed by atoms with Crippen molar-refractivity contribution < 1.29 is 4.79 Å². The molecule has 1 unspecified atom stereocenters. The first-order valence-corrected chi connectivity index (χ1v) is 5.50. The standard InChI is InChI=1S/C11H19NO/c1-3-8(2)10(13)12-11(6-7-11)9-4-5-9/h8-9H,3-7H2,1-2H3,(H,12,13). The van der Waals surface area contributed by atoms with E-state index in [0.29, 0.717) is 0 Å². The summed E-state index contributed by atoms with van der Waals surface area (Å²) in [5.74, 6) is 1.28. The molecule has 2 heteroatoms. The molecule has 2 aliphatic rings. The Morgan fingerprint density at radius 1 is 1.54 bits per heavy atom. The summed E-state index contributed by atoms with van der Waals surface area (Å²) in [4.78, 5) is 11.7. The maximum atomic E-state index is 11.7. The predicted octanol–water partition coefficient (Wildman–Crippen LogP) is 2.09. The fraction of sp³-hybridized carbons (Fsp3) is 0.909. The third-order valence-corrected chi connectivity index (χ3v) is 3.58. The van der Waals surface area contributed by atoms with E-state index in [1.54, 1.807) is 0 Å². The molecule has 0 aromatic rings. The number of carbonyl (C=O) groups is 1. The molecule has 0 aliphatic heterocycles. The fourth-order valence-electron chi connectivity index (χ4n) is 1.96. The smallest absolute Gasteiger partial charge is 0.223 e. The van der Waals surface area contributed by atoms with Crippen LogP contribution in [0.5, 0.6) is 0 Å². The van der Waals surface area contributed by atoms with Gasteiger partial charge in [0.05, 0.1) is 0 Å². The third-order valence-electron chi connectivity index (χ3n) is 3.58. The van der Waals surface area contributed by atoms with Crippen molar-refractivity contribution in [1.29, 1.82) is 0 Å². The summed E-state index contributed by atoms with van der Waals surface area (Å²) in [6, 6.07) is 0. The minimum atomic E-state index is 0.191. The van der Waals surface area contributed by atoms with Gasteiger partial charge in [0.1, 0.15) is 0 Å². The lowest BCUT2D eigenvalue weighted by Crippen LogP contribution is -2.41. The van der Waals surface area contributed by atoms with Gasteiger partial charge in [-0.3, -0.25) is 4.79 Å². The van der Waals surface area contributed by atoms with Gasteiger partial charge in [-0.1, -0.05) is 13.8 Å². The minimum Gasteiger partial charge on any atom is -0.350 e. The molecule has 1 atom stereocenters. The summed E-state index contributed by atoms with van der Waals surface area (Å²) in [5, 5.41) is 3.24. The largest absolute Gasteiger partial charge is 0.350 e. The molecule has 0 aromatic heterocycles. The lowest BCUT2D eigenvalue weighted by atomic mass is 10.1. The normalized spacial score (nSPS) is 26.6. The van der Waals surface area contributed by atoms with Crippen molar-refractivity contribution in [2.75, 3.05) is 0 Å². The van der Waals surface area contributed by atoms with Crippen LogP contribution in [0.4, 0.5) is 0 Å². The molecule has 74 valence electrons. The van der Waals surface area contributed by atoms with Gasteiger partial charge < -0.3 is 5.32 Å². The molecule has 1 N–H and O–H groups in total. The molecule has 0 bridgehead atoms. The van der Waals surface area contributed by atoms with Crippen LogP contribution >= 0.6 is 0 Å². The number of carbonyl (C=O) groups excluding carboxylic acids is 1. The van der Waals surface area contributed by atoms with Crippen molar-refractivity contribution >= 4 is 5.91 Å². The number of nitrogens with one attached hydrogen (secondary N) is 1. The molecule has 2 aliphatic carbocycles. The first-order chi connectivity index (χ1) is 6.18. The minimum absolute atomic E-state index is 0.191. The van der Waals surface area contributed by atoms with E-state index in [1.807, 2.05) is 6.92 Å². The van der Waals surface area contributed by atoms with E-state index in [0.717, 1.165) is 12.3 Å². The number of amides is 1. The Labute approximate surface area is 80.1 Å². The Morgan fingerprint density at radius 3 is 2.54 bits per heavy atom. The average molecular weight is 181 g/mol. The van der Waals surface area contributed by atoms with Crippen molar-refractivity contribution in [2.24, 2.45) is 11.8 Å². The summed E-state index contributed by atoms with van der Waals surface area (Å²) in [6.45, 7) is 4.08. The van der Waals surface area contributed by atoms with Crippen LogP contribution < -0.4 is 5.32 Å². The highest BCUT2D eigenvalue weighted by atomic mass is 16.2. The Balaban J connectivity index is 1.86. The van der Waals surface area contributed by atoms with Gasteiger partial charge in [-0.25, -0.2) is 0 Å². The lowest BCUT2D eigenvalue weighted by Gasteiger charge is -2.19. The molecule has 2 saturated carbocycles. The molecule has 1 amide bonds. The molecular weight excluding hydrogens is 162 g/mol. The molecular formula is C11H19NO. The van der Waals surface area contributed by atoms with Crippen molar-refractivity contribution in [3.05, 3.63) is 0 Å². The van der Waals surface area contributed by atoms with Crippen LogP contribution in [0.25, 0.3) is 0 Å². The zero-order valence-electron chi connectivity index (χ0n) is 8.60. The number of hydrogen-bond donors (Lipinski definition) is 1. The van der Waals surface area contributed by atoms with Crippen molar-refractivity contribution in [3.63, 3.8) is 0 Å². The zero-order chi connectivity index (χ0) is 9.47. The van der Waals surface area contributed by atoms with Crippen molar-refractivity contribution in [1.82, 2.24) is 5.32 Å². The highest BCUT2D eigenvalue weighted by Crippen LogP contribution is 2.53. The average Bonchev–Trinajstić information content (AvgIpc) is 2.93. The van der Waals surface area contributed by atoms with Gasteiger partial charge in [-0.15, -0.1) is 0 Å². The van der Waals surface area contributed by atoms with Gasteiger partial charge in [0.15, 0.2) is 0 Å². The van der Waals surface area contributed by atoms with Gasteiger partial charge >= 0.3 is 0 Å². The third kappa shape index (κ3) is 1.72. The van der Waals surface area contributed by atoms with Gasteiger partial charge in [-0.2, -0.15) is 0 Å². The zero-order valence-corrected chi connectivity index (χ0v) is 8.60. The molecule has 13 heavy (non-hydrogen) atoms. The highest BCUT2D eigenvalue weighted by molar-refractivity contribution is 5.79. The van der Waals surface area contributed by atoms with Gasteiger partial charge in [0.2, 0.25) is 5.91 Å². The van der Waals surface area contributed by atoms with Crippen LogP contribution in [0.15, 0.2) is 0 Å². The van der Waals surface area contributed by atoms with Gasteiger partial charge in [-0.05, 0) is 38.0 Å². The summed E-state index contributed by atoms with van der Waals surface area (Å²) in [6.07, 6.45) is 6.06. The van der Waals surface area contributed by atoms with Gasteiger partial charge in [0.25, 0.3) is 0 Å². The van der Waals surface area contributed by atoms with Crippen LogP contribution in [0.3, 0.4) is 0 Å². The van der Waals surface area contributed by atoms with Crippen LogP contribution in [0.2, 0.25) is 0 Å². The fourth-order valence-corrected chi connectivity index (χ4v) is 1.96. The summed E-state index contributed by atoms with van der Waals surface area (Å²) in [7, 11) is 0. The number of hydrogen-bond acceptors (Lipinski definition) is 1. The first kappa shape index (κ1) is 9.04. The van der Waals surface area contributed by atoms with Crippen molar-refractivity contribution in [3.8, 4) is 0 Å². The molecule has 0 spiro atoms. The van der Waals surface area contributed by atoms with E-state index >= 15 is 0 Å². The van der Waals surface area contributed by atoms with E-state index < -0.39 is 0 Å². The maximum absolute atomic E-state index is 11.7. The highest BCUT2D eigenvalue weighted by Gasteiger charge is 2.54. The quantitative estimate of drug-likeness (QED) is 0.707. The molecule has 0 aromatic carbocycles. The number of rotatable bonds is 4. The Kier molecular flexibility index (Phi) is 2.09. The van der Waals surface area contributed by atoms with E-state index in [9.17, 15) is 4.79 Å². The predicted molar refractivity (Wildman–Crippen MR) is 52.3 cm³/mol. The molecule has 0 radical (unpaired) electrons. The topological polar surface area (TPSA) is 29.1 Å². The van der Waals surface area contributed by atoms with E-state index in [4.69, 9.17) is 0 Å². The van der Waals surface area contributed by atoms with Crippen LogP contribution in [0, 0.1) is 11.8 Å². The second-order valence-corrected chi connectivity index (χ2v) is 4.73. The lowest BCUT2D eigenvalue weighted by molar-refractivity contribution is -0.125. The summed E-state index contributed by atoms with van der Waals surface area (Å²) in [5.41, 5.74) is 0.264. The second-order valence-electron chi connectivity index (χ2n) is 4.73. The monoisotopic (exact) mass is 181 g/mol. The SMILES string of the molecule is CCC(C)C(=O)NC1(C2CC2)CC1. The maximum Gasteiger partial charge on any atom is 0.223 e. The van der Waals surface area contributed by atoms with Crippen LogP contribution in [0.1, 0.15) is 46.0 Å². The summed E-state index contributed by atoms with van der Waals surface area (Å²) >= 11 is 0. The van der Waals surface area contributed by atoms with E-state index in [-0.39, 0.29) is 17.4 Å². The van der Waals surface area contributed by atoms with Gasteiger partial charge in [0, 0.05) is 11.5 Å². The molecule has 0 saturated heterocycles. The Bertz CT molecular complexity index is 216. The molecule has 2 fully saturated rings. The van der Waals surface area contributed by atoms with E-state index in [2.05, 4.69) is 12.2 Å². The van der Waals surface area contributed by atoms with Crippen LogP contribution in [-0.4, -0.2) is 11.4 Å². The van der Waals surface area contributed by atoms with Crippen molar-refractivity contribution in [2.45, 2.75) is 51.5 Å². The Hall–Kier alpha value is -0.530. The summed E-state index contributed by atoms with van der Waals surface area (Å²) < 4.78 is 0. The first-order valence-electron chi connectivity index (χ1n) is 5.50. The molecule has 2 nitrogen and oxygen atoms in total. The molecule has 0 heterocycles.